The maximum absolute atomic E-state index is 12.7. The van der Waals surface area contributed by atoms with Crippen molar-refractivity contribution >= 4 is 11.0 Å². The smallest absolute Gasteiger partial charge is 0.425 e. The fourth-order valence-corrected chi connectivity index (χ4v) is 4.57. The number of hydrogen-bond acceptors (Lipinski definition) is 3. The monoisotopic (exact) mass is 480 g/mol. The molecule has 35 heavy (non-hydrogen) atoms. The quantitative estimate of drug-likeness (QED) is 0.311. The van der Waals surface area contributed by atoms with Crippen molar-refractivity contribution in [1.29, 1.82) is 0 Å². The van der Waals surface area contributed by atoms with Gasteiger partial charge in [-0.15, -0.1) is 0 Å². The molecule has 5 rings (SSSR count). The van der Waals surface area contributed by atoms with Crippen molar-refractivity contribution < 1.29 is 23.0 Å². The first-order valence-electron chi connectivity index (χ1n) is 11.7. The molecule has 3 atom stereocenters. The lowest BCUT2D eigenvalue weighted by Crippen LogP contribution is -2.31. The molecule has 1 fully saturated rings. The average Bonchev–Trinajstić information content (AvgIpc) is 3.49. The highest BCUT2D eigenvalue weighted by Gasteiger charge is 2.42. The number of rotatable bonds is 6. The highest BCUT2D eigenvalue weighted by molar-refractivity contribution is 5.83. The summed E-state index contributed by atoms with van der Waals surface area (Å²) in [5, 5.41) is 10.6. The second-order valence-electron chi connectivity index (χ2n) is 9.78. The number of aliphatic hydroxyl groups is 1. The Labute approximate surface area is 201 Å². The first kappa shape index (κ1) is 23.4. The number of alkyl halides is 3. The predicted octanol–water partition coefficient (Wildman–Crippen LogP) is 7.06. The number of ether oxygens (including phenoxy) is 1. The van der Waals surface area contributed by atoms with E-state index in [9.17, 15) is 18.3 Å². The lowest BCUT2D eigenvalue weighted by atomic mass is 9.89. The van der Waals surface area contributed by atoms with Gasteiger partial charge in [-0.2, -0.15) is 13.2 Å². The first-order chi connectivity index (χ1) is 16.5. The van der Waals surface area contributed by atoms with E-state index in [1.165, 1.54) is 0 Å². The van der Waals surface area contributed by atoms with Gasteiger partial charge in [-0.25, -0.2) is 4.98 Å². The van der Waals surface area contributed by atoms with Crippen LogP contribution in [0.3, 0.4) is 0 Å². The summed E-state index contributed by atoms with van der Waals surface area (Å²) < 4.78 is 43.2. The van der Waals surface area contributed by atoms with Gasteiger partial charge in [0.1, 0.15) is 11.6 Å². The Morgan fingerprint density at radius 2 is 1.71 bits per heavy atom. The van der Waals surface area contributed by atoms with Crippen LogP contribution in [0.4, 0.5) is 13.2 Å². The molecule has 1 aromatic heterocycles. The van der Waals surface area contributed by atoms with Crippen LogP contribution < -0.4 is 4.74 Å². The molecule has 1 heterocycles. The van der Waals surface area contributed by atoms with Crippen molar-refractivity contribution in [2.75, 3.05) is 0 Å². The summed E-state index contributed by atoms with van der Waals surface area (Å²) in [4.78, 5) is 8.27. The highest BCUT2D eigenvalue weighted by Crippen LogP contribution is 2.54. The molecule has 182 valence electrons. The molecular weight excluding hydrogens is 453 g/mol. The zero-order valence-corrected chi connectivity index (χ0v) is 19.7. The fraction of sp³-hybridized carbons (Fsp3) is 0.321. The summed E-state index contributed by atoms with van der Waals surface area (Å²) in [5.41, 5.74) is 4.71. The minimum atomic E-state index is -4.39. The Kier molecular flexibility index (Phi) is 5.63. The Balaban J connectivity index is 1.34. The summed E-state index contributed by atoms with van der Waals surface area (Å²) in [6.07, 6.45) is -5.32. The van der Waals surface area contributed by atoms with Crippen LogP contribution in [-0.2, 0) is 5.60 Å². The second kappa shape index (κ2) is 8.41. The number of halogens is 3. The van der Waals surface area contributed by atoms with Crippen molar-refractivity contribution in [3.8, 4) is 16.9 Å². The van der Waals surface area contributed by atoms with Gasteiger partial charge in [0.25, 0.3) is 0 Å². The van der Waals surface area contributed by atoms with Crippen molar-refractivity contribution in [1.82, 2.24) is 9.97 Å². The lowest BCUT2D eigenvalue weighted by Gasteiger charge is -2.21. The van der Waals surface area contributed by atoms with Gasteiger partial charge in [0.2, 0.25) is 0 Å². The first-order valence-corrected chi connectivity index (χ1v) is 11.7. The summed E-state index contributed by atoms with van der Waals surface area (Å²) >= 11 is 0. The number of hydrogen-bond donors (Lipinski definition) is 2. The van der Waals surface area contributed by atoms with Crippen LogP contribution in [0.2, 0.25) is 0 Å². The van der Waals surface area contributed by atoms with Crippen molar-refractivity contribution in [2.24, 2.45) is 0 Å². The van der Waals surface area contributed by atoms with Crippen LogP contribution >= 0.6 is 0 Å². The second-order valence-corrected chi connectivity index (χ2v) is 9.78. The molecule has 7 heteroatoms. The Bertz CT molecular complexity index is 1350. The van der Waals surface area contributed by atoms with Gasteiger partial charge in [0.15, 0.2) is 6.10 Å². The van der Waals surface area contributed by atoms with Crippen LogP contribution in [0.5, 0.6) is 5.75 Å². The Morgan fingerprint density at radius 1 is 1.00 bits per heavy atom. The molecule has 1 aliphatic rings. The number of benzene rings is 3. The van der Waals surface area contributed by atoms with E-state index >= 15 is 0 Å². The van der Waals surface area contributed by atoms with E-state index in [0.717, 1.165) is 52.5 Å². The molecule has 4 nitrogen and oxygen atoms in total. The van der Waals surface area contributed by atoms with Crippen LogP contribution in [0.25, 0.3) is 22.2 Å². The minimum Gasteiger partial charge on any atom is -0.481 e. The number of imidazole rings is 1. The Hall–Kier alpha value is -3.32. The predicted molar refractivity (Wildman–Crippen MR) is 129 cm³/mol. The molecule has 1 aliphatic carbocycles. The molecule has 0 spiro atoms. The standard InChI is InChI=1S/C28H27F3N2O2/c1-16(28(29,30)31)35-19-11-8-17(9-12-19)21-15-22(21)26-32-24-13-10-18(14-25(24)33-26)20-6-4-5-7-23(20)27(2,3)34/h4-14,16,21-22,34H,15H2,1-3H3,(H,32,33). The summed E-state index contributed by atoms with van der Waals surface area (Å²) in [6, 6.07) is 20.7. The van der Waals surface area contributed by atoms with Crippen LogP contribution in [-0.4, -0.2) is 27.4 Å². The van der Waals surface area contributed by atoms with Gasteiger partial charge in [-0.1, -0.05) is 42.5 Å². The number of nitrogens with one attached hydrogen (secondary N) is 1. The van der Waals surface area contributed by atoms with Gasteiger partial charge in [-0.3, -0.25) is 0 Å². The molecule has 3 unspecified atom stereocenters. The number of aromatic amines is 1. The van der Waals surface area contributed by atoms with Crippen LogP contribution in [0.1, 0.15) is 56.0 Å². The highest BCUT2D eigenvalue weighted by atomic mass is 19.4. The zero-order chi connectivity index (χ0) is 25.0. The van der Waals surface area contributed by atoms with E-state index in [4.69, 9.17) is 9.72 Å². The summed E-state index contributed by atoms with van der Waals surface area (Å²) in [5.74, 6) is 1.61. The molecule has 0 saturated heterocycles. The van der Waals surface area contributed by atoms with Gasteiger partial charge >= 0.3 is 6.18 Å². The minimum absolute atomic E-state index is 0.207. The lowest BCUT2D eigenvalue weighted by molar-refractivity contribution is -0.189. The van der Waals surface area contributed by atoms with Crippen molar-refractivity contribution in [3.05, 3.63) is 83.7 Å². The molecule has 0 radical (unpaired) electrons. The number of fused-ring (bicyclic) bond motifs is 1. The molecular formula is C28H27F3N2O2. The van der Waals surface area contributed by atoms with E-state index in [-0.39, 0.29) is 17.6 Å². The van der Waals surface area contributed by atoms with Crippen LogP contribution in [0, 0.1) is 0 Å². The molecule has 0 amide bonds. The molecule has 0 aliphatic heterocycles. The summed E-state index contributed by atoms with van der Waals surface area (Å²) in [6.45, 7) is 4.56. The fourth-order valence-electron chi connectivity index (χ4n) is 4.57. The van der Waals surface area contributed by atoms with Gasteiger partial charge in [-0.05, 0) is 79.6 Å². The third kappa shape index (κ3) is 4.78. The molecule has 3 aromatic carbocycles. The number of aromatic nitrogens is 2. The van der Waals surface area contributed by atoms with Gasteiger partial charge in [0, 0.05) is 5.92 Å². The molecule has 0 bridgehead atoms. The SMILES string of the molecule is CC(Oc1ccc(C2CC2c2nc3cc(-c4ccccc4C(C)(C)O)ccc3[nH]2)cc1)C(F)(F)F. The van der Waals surface area contributed by atoms with Crippen molar-refractivity contribution in [2.45, 2.75) is 56.9 Å². The number of H-pyrrole nitrogens is 1. The van der Waals surface area contributed by atoms with Gasteiger partial charge < -0.3 is 14.8 Å². The third-order valence-electron chi connectivity index (χ3n) is 6.62. The maximum Gasteiger partial charge on any atom is 0.425 e. The Morgan fingerprint density at radius 3 is 2.40 bits per heavy atom. The maximum atomic E-state index is 12.7. The van der Waals surface area contributed by atoms with E-state index in [2.05, 4.69) is 4.98 Å². The third-order valence-corrected chi connectivity index (χ3v) is 6.62. The van der Waals surface area contributed by atoms with E-state index in [1.807, 2.05) is 54.6 Å². The number of nitrogens with zero attached hydrogens (tertiary/aromatic N) is 1. The topological polar surface area (TPSA) is 58.1 Å². The van der Waals surface area contributed by atoms with Crippen LogP contribution in [0.15, 0.2) is 66.7 Å². The molecule has 1 saturated carbocycles. The summed E-state index contributed by atoms with van der Waals surface area (Å²) in [7, 11) is 0. The zero-order valence-electron chi connectivity index (χ0n) is 19.7. The molecule has 2 N–H and O–H groups in total. The van der Waals surface area contributed by atoms with E-state index < -0.39 is 17.9 Å². The average molecular weight is 481 g/mol. The van der Waals surface area contributed by atoms with E-state index in [1.54, 1.807) is 26.0 Å². The largest absolute Gasteiger partial charge is 0.481 e. The normalized spacial score (nSPS) is 19.1. The van der Waals surface area contributed by atoms with Crippen molar-refractivity contribution in [3.63, 3.8) is 0 Å². The van der Waals surface area contributed by atoms with E-state index in [0.29, 0.717) is 0 Å². The van der Waals surface area contributed by atoms with Gasteiger partial charge in [0.05, 0.1) is 16.6 Å². The molecule has 4 aromatic rings.